The van der Waals surface area contributed by atoms with E-state index in [1.165, 1.54) is 0 Å². The van der Waals surface area contributed by atoms with E-state index in [1.54, 1.807) is 26.0 Å². The maximum Gasteiger partial charge on any atom is 0.0786 e. The number of rotatable bonds is 5. The summed E-state index contributed by atoms with van der Waals surface area (Å²) in [4.78, 5) is 0. The minimum atomic E-state index is -0.798. The van der Waals surface area contributed by atoms with Crippen molar-refractivity contribution in [1.82, 2.24) is 0 Å². The highest BCUT2D eigenvalue weighted by Gasteiger charge is 2.20. The first-order valence-electron chi connectivity index (χ1n) is 7.47. The summed E-state index contributed by atoms with van der Waals surface area (Å²) in [5.41, 5.74) is 22.1. The third-order valence-electron chi connectivity index (χ3n) is 3.81. The molecule has 0 heterocycles. The van der Waals surface area contributed by atoms with Crippen molar-refractivity contribution in [1.29, 1.82) is 0 Å². The molecule has 6 heteroatoms. The lowest BCUT2D eigenvalue weighted by Crippen LogP contribution is -2.14. The lowest BCUT2D eigenvalue weighted by atomic mass is 9.93. The van der Waals surface area contributed by atoms with Crippen molar-refractivity contribution in [2.24, 2.45) is 0 Å². The van der Waals surface area contributed by atoms with Gasteiger partial charge in [-0.25, -0.2) is 0 Å². The van der Waals surface area contributed by atoms with Gasteiger partial charge in [-0.15, -0.1) is 0 Å². The van der Waals surface area contributed by atoms with Crippen LogP contribution in [0.3, 0.4) is 0 Å². The Morgan fingerprint density at radius 3 is 2.30 bits per heavy atom. The summed E-state index contributed by atoms with van der Waals surface area (Å²) in [6.45, 7) is 3.63. The molecule has 0 amide bonds. The monoisotopic (exact) mass is 316 g/mol. The van der Waals surface area contributed by atoms with Crippen LogP contribution < -0.4 is 22.5 Å². The topological polar surface area (TPSA) is 131 Å². The van der Waals surface area contributed by atoms with E-state index in [2.05, 4.69) is 5.32 Å². The molecule has 23 heavy (non-hydrogen) atoms. The van der Waals surface area contributed by atoms with Gasteiger partial charge in [0.15, 0.2) is 0 Å². The van der Waals surface area contributed by atoms with E-state index in [9.17, 15) is 10.2 Å². The van der Waals surface area contributed by atoms with Crippen LogP contribution in [0, 0.1) is 0 Å². The Kier molecular flexibility index (Phi) is 4.98. The molecule has 124 valence electrons. The number of nitrogens with two attached hydrogens (primary N) is 3. The van der Waals surface area contributed by atoms with Gasteiger partial charge in [-0.2, -0.15) is 0 Å². The van der Waals surface area contributed by atoms with E-state index < -0.39 is 12.2 Å². The molecule has 0 spiro atoms. The average Bonchev–Trinajstić information content (AvgIpc) is 2.46. The van der Waals surface area contributed by atoms with Crippen molar-refractivity contribution < 1.29 is 10.2 Å². The zero-order valence-corrected chi connectivity index (χ0v) is 13.4. The summed E-state index contributed by atoms with van der Waals surface area (Å²) in [5.74, 6) is 0. The van der Waals surface area contributed by atoms with Crippen molar-refractivity contribution >= 4 is 22.7 Å². The molecule has 0 saturated heterocycles. The van der Waals surface area contributed by atoms with Crippen molar-refractivity contribution in [3.05, 3.63) is 47.0 Å². The van der Waals surface area contributed by atoms with Gasteiger partial charge in [-0.1, -0.05) is 6.07 Å². The lowest BCUT2D eigenvalue weighted by molar-refractivity contribution is 0.193. The van der Waals surface area contributed by atoms with Gasteiger partial charge in [0.25, 0.3) is 0 Å². The van der Waals surface area contributed by atoms with E-state index >= 15 is 0 Å². The second kappa shape index (κ2) is 6.76. The molecule has 2 rings (SSSR count). The van der Waals surface area contributed by atoms with Crippen molar-refractivity contribution in [3.8, 4) is 0 Å². The zero-order chi connectivity index (χ0) is 17.1. The minimum Gasteiger partial charge on any atom is -0.399 e. The molecule has 2 unspecified atom stereocenters. The number of anilines is 4. The number of hydrogen-bond donors (Lipinski definition) is 6. The van der Waals surface area contributed by atoms with Gasteiger partial charge in [0.05, 0.1) is 12.2 Å². The van der Waals surface area contributed by atoms with Crippen LogP contribution in [0.15, 0.2) is 30.3 Å². The Hall–Kier alpha value is -2.44. The van der Waals surface area contributed by atoms with E-state index in [-0.39, 0.29) is 0 Å². The number of nitrogen functional groups attached to an aromatic ring is 3. The quantitative estimate of drug-likeness (QED) is 0.469. The molecule has 0 bridgehead atoms. The number of hydrogen-bond acceptors (Lipinski definition) is 6. The Morgan fingerprint density at radius 1 is 1.04 bits per heavy atom. The highest BCUT2D eigenvalue weighted by atomic mass is 16.3. The van der Waals surface area contributed by atoms with Crippen LogP contribution in [0.5, 0.6) is 0 Å². The van der Waals surface area contributed by atoms with E-state index in [0.717, 1.165) is 5.69 Å². The van der Waals surface area contributed by atoms with E-state index in [0.29, 0.717) is 40.3 Å². The molecule has 0 radical (unpaired) electrons. The van der Waals surface area contributed by atoms with Gasteiger partial charge in [0.2, 0.25) is 0 Å². The summed E-state index contributed by atoms with van der Waals surface area (Å²) in [5, 5.41) is 23.1. The summed E-state index contributed by atoms with van der Waals surface area (Å²) >= 11 is 0. The number of aliphatic hydroxyl groups excluding tert-OH is 2. The highest BCUT2D eigenvalue weighted by molar-refractivity contribution is 5.68. The molecule has 6 nitrogen and oxygen atoms in total. The number of nitrogens with one attached hydrogen (secondary N) is 1. The largest absolute Gasteiger partial charge is 0.399 e. The predicted molar refractivity (Wildman–Crippen MR) is 94.7 cm³/mol. The fourth-order valence-corrected chi connectivity index (χ4v) is 2.67. The van der Waals surface area contributed by atoms with Crippen molar-refractivity contribution in [2.45, 2.75) is 32.6 Å². The molecule has 0 aliphatic carbocycles. The molecule has 2 aromatic rings. The van der Waals surface area contributed by atoms with Crippen LogP contribution in [-0.4, -0.2) is 10.2 Å². The van der Waals surface area contributed by atoms with Crippen LogP contribution in [0.2, 0.25) is 0 Å². The van der Waals surface area contributed by atoms with Gasteiger partial charge in [0.1, 0.15) is 0 Å². The smallest absolute Gasteiger partial charge is 0.0786 e. The van der Waals surface area contributed by atoms with Gasteiger partial charge < -0.3 is 32.7 Å². The zero-order valence-electron chi connectivity index (χ0n) is 13.4. The first-order valence-corrected chi connectivity index (χ1v) is 7.47. The van der Waals surface area contributed by atoms with Crippen LogP contribution in [0.4, 0.5) is 22.7 Å². The Bertz CT molecular complexity index is 699. The van der Waals surface area contributed by atoms with Gasteiger partial charge in [-0.3, -0.25) is 0 Å². The highest BCUT2D eigenvalue weighted by Crippen LogP contribution is 2.35. The summed E-state index contributed by atoms with van der Waals surface area (Å²) in [6.07, 6.45) is -1.56. The Labute approximate surface area is 135 Å². The lowest BCUT2D eigenvalue weighted by Gasteiger charge is -2.22. The third-order valence-corrected chi connectivity index (χ3v) is 3.81. The average molecular weight is 316 g/mol. The Morgan fingerprint density at radius 2 is 1.74 bits per heavy atom. The maximum atomic E-state index is 10.1. The second-order valence-corrected chi connectivity index (χ2v) is 5.69. The predicted octanol–water partition coefficient (Wildman–Crippen LogP) is 2.15. The summed E-state index contributed by atoms with van der Waals surface area (Å²) in [7, 11) is 0. The van der Waals surface area contributed by atoms with E-state index in [1.807, 2.05) is 18.2 Å². The van der Waals surface area contributed by atoms with Gasteiger partial charge in [-0.05, 0) is 38.1 Å². The fourth-order valence-electron chi connectivity index (χ4n) is 2.67. The standard InChI is InChI=1S/C17H24N4O2/c1-9(22)13-7-15(19)14(16(10(2)23)17(13)20)8-21-12-5-3-4-11(18)6-12/h3-7,9-10,21-23H,8,18-20H2,1-2H3. The molecule has 0 aliphatic rings. The summed E-state index contributed by atoms with van der Waals surface area (Å²) < 4.78 is 0. The van der Waals surface area contributed by atoms with E-state index in [4.69, 9.17) is 17.2 Å². The first-order chi connectivity index (χ1) is 10.8. The number of benzene rings is 2. The fraction of sp³-hybridized carbons (Fsp3) is 0.294. The Balaban J connectivity index is 2.39. The van der Waals surface area contributed by atoms with Gasteiger partial charge in [0, 0.05) is 46.0 Å². The first kappa shape index (κ1) is 16.9. The van der Waals surface area contributed by atoms with Gasteiger partial charge >= 0.3 is 0 Å². The third kappa shape index (κ3) is 3.67. The molecule has 9 N–H and O–H groups in total. The van der Waals surface area contributed by atoms with Crippen molar-refractivity contribution in [2.75, 3.05) is 22.5 Å². The van der Waals surface area contributed by atoms with Crippen LogP contribution >= 0.6 is 0 Å². The SMILES string of the molecule is CC(O)c1cc(N)c(CNc2cccc(N)c2)c(C(C)O)c1N. The normalized spacial score (nSPS) is 13.6. The maximum absolute atomic E-state index is 10.1. The molecule has 0 aliphatic heterocycles. The molecule has 0 saturated carbocycles. The molecule has 2 atom stereocenters. The van der Waals surface area contributed by atoms with Crippen LogP contribution in [0.25, 0.3) is 0 Å². The minimum absolute atomic E-state index is 0.369. The van der Waals surface area contributed by atoms with Crippen LogP contribution in [0.1, 0.15) is 42.7 Å². The number of aliphatic hydroxyl groups is 2. The van der Waals surface area contributed by atoms with Crippen LogP contribution in [-0.2, 0) is 6.54 Å². The molecule has 2 aromatic carbocycles. The molecular formula is C17H24N4O2. The summed E-state index contributed by atoms with van der Waals surface area (Å²) in [6, 6.07) is 9.01. The second-order valence-electron chi connectivity index (χ2n) is 5.69. The molecule has 0 aromatic heterocycles. The van der Waals surface area contributed by atoms with Crippen molar-refractivity contribution in [3.63, 3.8) is 0 Å². The molecular weight excluding hydrogens is 292 g/mol. The molecule has 0 fully saturated rings.